The van der Waals surface area contributed by atoms with Gasteiger partial charge in [-0.25, -0.2) is 14.8 Å². The lowest BCUT2D eigenvalue weighted by Gasteiger charge is -2.07. The minimum Gasteiger partial charge on any atom is -0.461 e. The molecular weight excluding hydrogens is 342 g/mol. The quantitative estimate of drug-likeness (QED) is 0.490. The van der Waals surface area contributed by atoms with Gasteiger partial charge in [0.1, 0.15) is 11.4 Å². The van der Waals surface area contributed by atoms with Gasteiger partial charge in [0.2, 0.25) is 0 Å². The lowest BCUT2D eigenvalue weighted by molar-refractivity contribution is 0.0515. The number of benzene rings is 1. The van der Waals surface area contributed by atoms with Crippen LogP contribution in [0, 0.1) is 6.92 Å². The van der Waals surface area contributed by atoms with E-state index in [4.69, 9.17) is 4.74 Å². The number of thioether (sulfide) groups is 1. The Bertz CT molecular complexity index is 827. The largest absolute Gasteiger partial charge is 0.461 e. The fourth-order valence-electron chi connectivity index (χ4n) is 2.13. The first kappa shape index (κ1) is 16.7. The average molecular weight is 359 g/mol. The van der Waals surface area contributed by atoms with Gasteiger partial charge < -0.3 is 4.74 Å². The van der Waals surface area contributed by atoms with Crippen LogP contribution in [-0.2, 0) is 10.5 Å². The van der Waals surface area contributed by atoms with E-state index in [-0.39, 0.29) is 0 Å². The van der Waals surface area contributed by atoms with Crippen molar-refractivity contribution in [3.63, 3.8) is 0 Å². The van der Waals surface area contributed by atoms with Crippen LogP contribution in [0.25, 0.3) is 5.13 Å². The fraction of sp³-hybridized carbons (Fsp3) is 0.235. The number of aryl methyl sites for hydroxylation is 1. The van der Waals surface area contributed by atoms with Gasteiger partial charge in [0.25, 0.3) is 0 Å². The number of esters is 1. The molecule has 5 nitrogen and oxygen atoms in total. The Kier molecular flexibility index (Phi) is 5.32. The van der Waals surface area contributed by atoms with E-state index in [1.165, 1.54) is 16.9 Å². The Morgan fingerprint density at radius 1 is 1.33 bits per heavy atom. The molecule has 0 radical (unpaired) electrons. The highest BCUT2D eigenvalue weighted by molar-refractivity contribution is 7.98. The number of hydrogen-bond donors (Lipinski definition) is 0. The van der Waals surface area contributed by atoms with Gasteiger partial charge in [0.15, 0.2) is 10.8 Å². The molecular formula is C17H17N3O2S2. The highest BCUT2D eigenvalue weighted by Gasteiger charge is 2.21. The summed E-state index contributed by atoms with van der Waals surface area (Å²) in [6, 6.07) is 10.1. The molecule has 0 spiro atoms. The molecule has 0 N–H and O–H groups in total. The lowest BCUT2D eigenvalue weighted by Crippen LogP contribution is -2.07. The molecule has 0 aliphatic carbocycles. The van der Waals surface area contributed by atoms with E-state index in [1.807, 2.05) is 35.1 Å². The summed E-state index contributed by atoms with van der Waals surface area (Å²) in [7, 11) is 0. The van der Waals surface area contributed by atoms with Crippen LogP contribution in [0.4, 0.5) is 0 Å². The monoisotopic (exact) mass is 359 g/mol. The van der Waals surface area contributed by atoms with Crippen LogP contribution in [0.5, 0.6) is 0 Å². The Labute approximate surface area is 148 Å². The van der Waals surface area contributed by atoms with E-state index in [2.05, 4.69) is 22.1 Å². The maximum atomic E-state index is 12.2. The zero-order valence-electron chi connectivity index (χ0n) is 13.4. The number of thiazole rings is 1. The van der Waals surface area contributed by atoms with Crippen molar-refractivity contribution in [3.8, 4) is 5.13 Å². The van der Waals surface area contributed by atoms with E-state index in [1.54, 1.807) is 25.0 Å². The SMILES string of the molecule is CCOC(=O)c1ncn(-c2nc(C)cs2)c1SCc1ccccc1. The maximum Gasteiger partial charge on any atom is 0.359 e. The highest BCUT2D eigenvalue weighted by Crippen LogP contribution is 2.30. The number of aromatic nitrogens is 3. The van der Waals surface area contributed by atoms with Crippen LogP contribution in [0.2, 0.25) is 0 Å². The van der Waals surface area contributed by atoms with Crippen LogP contribution in [0.3, 0.4) is 0 Å². The molecule has 0 bridgehead atoms. The number of ether oxygens (including phenoxy) is 1. The van der Waals surface area contributed by atoms with Crippen LogP contribution in [0.15, 0.2) is 47.1 Å². The van der Waals surface area contributed by atoms with Crippen molar-refractivity contribution in [1.82, 2.24) is 14.5 Å². The summed E-state index contributed by atoms with van der Waals surface area (Å²) in [5, 5.41) is 3.53. The van der Waals surface area contributed by atoms with Crippen molar-refractivity contribution in [2.45, 2.75) is 24.6 Å². The molecule has 0 fully saturated rings. The predicted octanol–water partition coefficient (Wildman–Crippen LogP) is 4.11. The molecule has 0 amide bonds. The molecule has 124 valence electrons. The summed E-state index contributed by atoms with van der Waals surface area (Å²) in [4.78, 5) is 21.0. The van der Waals surface area contributed by atoms with E-state index < -0.39 is 5.97 Å². The van der Waals surface area contributed by atoms with E-state index in [0.717, 1.165) is 21.6 Å². The van der Waals surface area contributed by atoms with E-state index >= 15 is 0 Å². The second kappa shape index (κ2) is 7.63. The Morgan fingerprint density at radius 2 is 2.12 bits per heavy atom. The van der Waals surface area contributed by atoms with Crippen LogP contribution >= 0.6 is 23.1 Å². The van der Waals surface area contributed by atoms with Gasteiger partial charge >= 0.3 is 5.97 Å². The minimum atomic E-state index is -0.403. The van der Waals surface area contributed by atoms with Gasteiger partial charge in [-0.1, -0.05) is 30.3 Å². The van der Waals surface area contributed by atoms with E-state index in [0.29, 0.717) is 12.3 Å². The summed E-state index contributed by atoms with van der Waals surface area (Å²) in [6.45, 7) is 4.06. The Hall–Kier alpha value is -2.12. The van der Waals surface area contributed by atoms with Gasteiger partial charge in [0.05, 0.1) is 12.3 Å². The summed E-state index contributed by atoms with van der Waals surface area (Å²) < 4.78 is 6.99. The molecule has 3 rings (SSSR count). The van der Waals surface area contributed by atoms with Crippen molar-refractivity contribution >= 4 is 29.1 Å². The molecule has 2 aromatic heterocycles. The molecule has 24 heavy (non-hydrogen) atoms. The van der Waals surface area contributed by atoms with Crippen molar-refractivity contribution < 1.29 is 9.53 Å². The molecule has 0 aliphatic heterocycles. The smallest absolute Gasteiger partial charge is 0.359 e. The summed E-state index contributed by atoms with van der Waals surface area (Å²) in [5.41, 5.74) is 2.46. The highest BCUT2D eigenvalue weighted by atomic mass is 32.2. The number of hydrogen-bond acceptors (Lipinski definition) is 6. The van der Waals surface area contributed by atoms with Gasteiger partial charge in [-0.05, 0) is 19.4 Å². The van der Waals surface area contributed by atoms with Crippen LogP contribution in [0.1, 0.15) is 28.7 Å². The normalized spacial score (nSPS) is 10.8. The third-order valence-electron chi connectivity index (χ3n) is 3.22. The van der Waals surface area contributed by atoms with Crippen molar-refractivity contribution in [1.29, 1.82) is 0 Å². The van der Waals surface area contributed by atoms with Gasteiger partial charge in [-0.2, -0.15) is 0 Å². The zero-order chi connectivity index (χ0) is 16.9. The average Bonchev–Trinajstić information content (AvgIpc) is 3.20. The predicted molar refractivity (Wildman–Crippen MR) is 95.9 cm³/mol. The molecule has 2 heterocycles. The summed E-state index contributed by atoms with van der Waals surface area (Å²) in [5.74, 6) is 0.337. The van der Waals surface area contributed by atoms with Crippen LogP contribution < -0.4 is 0 Å². The third-order valence-corrected chi connectivity index (χ3v) is 5.32. The van der Waals surface area contributed by atoms with Crippen molar-refractivity contribution in [2.24, 2.45) is 0 Å². The molecule has 0 saturated carbocycles. The molecule has 0 aliphatic rings. The number of nitrogens with zero attached hydrogens (tertiary/aromatic N) is 3. The van der Waals surface area contributed by atoms with Crippen molar-refractivity contribution in [2.75, 3.05) is 6.61 Å². The third kappa shape index (κ3) is 3.68. The number of carbonyl (C=O) groups excluding carboxylic acids is 1. The minimum absolute atomic E-state index is 0.324. The first-order chi connectivity index (χ1) is 11.7. The Morgan fingerprint density at radius 3 is 2.79 bits per heavy atom. The number of rotatable bonds is 6. The van der Waals surface area contributed by atoms with Crippen LogP contribution in [-0.4, -0.2) is 27.1 Å². The topological polar surface area (TPSA) is 57.0 Å². The number of carbonyl (C=O) groups is 1. The molecule has 0 atom stereocenters. The molecule has 7 heteroatoms. The Balaban J connectivity index is 1.93. The molecule has 3 aromatic rings. The van der Waals surface area contributed by atoms with Gasteiger partial charge in [-0.15, -0.1) is 23.1 Å². The first-order valence-electron chi connectivity index (χ1n) is 7.52. The van der Waals surface area contributed by atoms with E-state index in [9.17, 15) is 4.79 Å². The fourth-order valence-corrected chi connectivity index (χ4v) is 4.01. The van der Waals surface area contributed by atoms with Gasteiger partial charge in [0, 0.05) is 11.1 Å². The molecule has 0 unspecified atom stereocenters. The maximum absolute atomic E-state index is 12.2. The zero-order valence-corrected chi connectivity index (χ0v) is 15.1. The molecule has 1 aromatic carbocycles. The standard InChI is InChI=1S/C17H17N3O2S2/c1-3-22-16(21)14-15(23-10-13-7-5-4-6-8-13)20(11-18-14)17-19-12(2)9-24-17/h4-9,11H,3,10H2,1-2H3. The summed E-state index contributed by atoms with van der Waals surface area (Å²) >= 11 is 3.08. The second-order valence-electron chi connectivity index (χ2n) is 5.03. The van der Waals surface area contributed by atoms with Crippen molar-refractivity contribution in [3.05, 3.63) is 59.0 Å². The summed E-state index contributed by atoms with van der Waals surface area (Å²) in [6.07, 6.45) is 1.64. The lowest BCUT2D eigenvalue weighted by atomic mass is 10.2. The second-order valence-corrected chi connectivity index (χ2v) is 6.84. The molecule has 0 saturated heterocycles. The van der Waals surface area contributed by atoms with Gasteiger partial charge in [-0.3, -0.25) is 4.57 Å². The first-order valence-corrected chi connectivity index (χ1v) is 9.39. The number of imidazole rings is 1.